The number of ether oxygens (including phenoxy) is 3. The highest BCUT2D eigenvalue weighted by molar-refractivity contribution is 5.06. The van der Waals surface area contributed by atoms with Crippen LogP contribution in [0.3, 0.4) is 0 Å². The minimum absolute atomic E-state index is 0.721. The molecule has 94 valence electrons. The molecule has 4 atom stereocenters. The Bertz CT molecular complexity index is 285. The van der Waals surface area contributed by atoms with E-state index in [2.05, 4.69) is 0 Å². The molecule has 2 fully saturated rings. The van der Waals surface area contributed by atoms with Gasteiger partial charge in [0.2, 0.25) is 0 Å². The first-order chi connectivity index (χ1) is 7.31. The van der Waals surface area contributed by atoms with E-state index >= 15 is 0 Å². The lowest BCUT2D eigenvalue weighted by atomic mass is 9.93. The van der Waals surface area contributed by atoms with Crippen molar-refractivity contribution >= 4 is 0 Å². The predicted octanol–water partition coefficient (Wildman–Crippen LogP) is -0.149. The number of hydrogen-bond acceptors (Lipinski definition) is 5. The van der Waals surface area contributed by atoms with Crippen LogP contribution in [-0.2, 0) is 14.2 Å². The van der Waals surface area contributed by atoms with Gasteiger partial charge in [-0.1, -0.05) is 0 Å². The third kappa shape index (κ3) is 1.54. The minimum atomic E-state index is -3.09. The molecule has 2 heterocycles. The Morgan fingerprint density at radius 1 is 1.31 bits per heavy atom. The van der Waals surface area contributed by atoms with Crippen molar-refractivity contribution < 1.29 is 33.2 Å². The molecule has 0 bridgehead atoms. The van der Waals surface area contributed by atoms with Crippen molar-refractivity contribution in [2.24, 2.45) is 0 Å². The molecule has 0 saturated carbocycles. The van der Waals surface area contributed by atoms with E-state index in [1.165, 1.54) is 13.8 Å². The van der Waals surface area contributed by atoms with E-state index in [1.807, 2.05) is 0 Å². The van der Waals surface area contributed by atoms with E-state index in [0.29, 0.717) is 0 Å². The smallest absolute Gasteiger partial charge is 0.272 e. The highest BCUT2D eigenvalue weighted by Gasteiger charge is 2.67. The topological polar surface area (TPSA) is 68.2 Å². The summed E-state index contributed by atoms with van der Waals surface area (Å²) in [6.45, 7) is 2.35. The minimum Gasteiger partial charge on any atom is -0.394 e. The number of aliphatic hydroxyl groups is 2. The first-order valence-corrected chi connectivity index (χ1v) is 4.93. The molecule has 0 aromatic rings. The monoisotopic (exact) mass is 240 g/mol. The van der Waals surface area contributed by atoms with Gasteiger partial charge in [-0.25, -0.2) is 8.78 Å². The van der Waals surface area contributed by atoms with E-state index in [4.69, 9.17) is 19.3 Å². The van der Waals surface area contributed by atoms with Crippen LogP contribution in [0.5, 0.6) is 0 Å². The molecule has 5 nitrogen and oxygen atoms in total. The Kier molecular flexibility index (Phi) is 2.71. The number of rotatable bonds is 2. The largest absolute Gasteiger partial charge is 0.394 e. The molecule has 16 heavy (non-hydrogen) atoms. The van der Waals surface area contributed by atoms with Crippen LogP contribution in [-0.4, -0.2) is 53.1 Å². The summed E-state index contributed by atoms with van der Waals surface area (Å²) in [5.41, 5.74) is -2.53. The van der Waals surface area contributed by atoms with E-state index < -0.39 is 42.9 Å². The number of halogens is 2. The van der Waals surface area contributed by atoms with Crippen molar-refractivity contribution in [1.29, 1.82) is 0 Å². The summed E-state index contributed by atoms with van der Waals surface area (Å²) >= 11 is 0. The van der Waals surface area contributed by atoms with Crippen LogP contribution in [0, 0.1) is 0 Å². The SMILES string of the molecule is CC1(C)O[C@H]2O[C@H](CO)[C@](O)(C(F)F)[C@H]2O1. The molecule has 7 heteroatoms. The maximum atomic E-state index is 12.9. The van der Waals surface area contributed by atoms with Crippen molar-refractivity contribution in [1.82, 2.24) is 0 Å². The average Bonchev–Trinajstić information content (AvgIpc) is 2.59. The summed E-state index contributed by atoms with van der Waals surface area (Å²) in [5, 5.41) is 18.8. The molecule has 2 aliphatic rings. The first kappa shape index (κ1) is 12.1. The molecule has 0 aliphatic carbocycles. The van der Waals surface area contributed by atoms with E-state index in [9.17, 15) is 13.9 Å². The maximum absolute atomic E-state index is 12.9. The highest BCUT2D eigenvalue weighted by atomic mass is 19.3. The zero-order valence-corrected chi connectivity index (χ0v) is 8.89. The molecule has 2 N–H and O–H groups in total. The fourth-order valence-electron chi connectivity index (χ4n) is 2.05. The first-order valence-electron chi connectivity index (χ1n) is 4.93. The second kappa shape index (κ2) is 3.58. The molecular formula is C9H14F2O5. The lowest BCUT2D eigenvalue weighted by molar-refractivity contribution is -0.251. The Hall–Kier alpha value is -0.340. The average molecular weight is 240 g/mol. The van der Waals surface area contributed by atoms with Crippen LogP contribution in [0.15, 0.2) is 0 Å². The molecule has 0 aromatic carbocycles. The van der Waals surface area contributed by atoms with Gasteiger partial charge in [-0.05, 0) is 13.8 Å². The number of hydrogen-bond donors (Lipinski definition) is 2. The standard InChI is InChI=1S/C9H14F2O5/c1-8(2)15-5-6(16-8)14-4(3-12)9(5,13)7(10)11/h4-7,12-13H,3H2,1-2H3/t4-,5+,6-,9-/m1/s1. The third-order valence-corrected chi connectivity index (χ3v) is 2.84. The Labute approximate surface area is 90.9 Å². The molecule has 2 saturated heterocycles. The summed E-state index contributed by atoms with van der Waals surface area (Å²) in [6.07, 6.45) is -6.86. The second-order valence-electron chi connectivity index (χ2n) is 4.42. The predicted molar refractivity (Wildman–Crippen MR) is 46.7 cm³/mol. The molecule has 2 aliphatic heterocycles. The Morgan fingerprint density at radius 3 is 2.44 bits per heavy atom. The quantitative estimate of drug-likeness (QED) is 0.702. The van der Waals surface area contributed by atoms with Gasteiger partial charge in [-0.15, -0.1) is 0 Å². The van der Waals surface area contributed by atoms with Gasteiger partial charge in [0.1, 0.15) is 12.2 Å². The van der Waals surface area contributed by atoms with Gasteiger partial charge < -0.3 is 24.4 Å². The van der Waals surface area contributed by atoms with Crippen molar-refractivity contribution in [2.45, 2.75) is 50.2 Å². The van der Waals surface area contributed by atoms with Crippen LogP contribution < -0.4 is 0 Å². The van der Waals surface area contributed by atoms with Gasteiger partial charge in [0, 0.05) is 0 Å². The number of fused-ring (bicyclic) bond motifs is 1. The van der Waals surface area contributed by atoms with Crippen LogP contribution in [0.4, 0.5) is 8.78 Å². The van der Waals surface area contributed by atoms with Crippen LogP contribution >= 0.6 is 0 Å². The van der Waals surface area contributed by atoms with Crippen LogP contribution in [0.25, 0.3) is 0 Å². The molecule has 0 aromatic heterocycles. The lowest BCUT2D eigenvalue weighted by Crippen LogP contribution is -2.55. The zero-order valence-electron chi connectivity index (χ0n) is 8.89. The summed E-state index contributed by atoms with van der Waals surface area (Å²) in [4.78, 5) is 0. The molecule has 0 spiro atoms. The number of aliphatic hydroxyl groups excluding tert-OH is 1. The summed E-state index contributed by atoms with van der Waals surface area (Å²) < 4.78 is 41.2. The third-order valence-electron chi connectivity index (χ3n) is 2.84. The van der Waals surface area contributed by atoms with Gasteiger partial charge >= 0.3 is 0 Å². The van der Waals surface area contributed by atoms with Gasteiger partial charge in [-0.2, -0.15) is 0 Å². The zero-order chi connectivity index (χ0) is 12.1. The molecule has 2 rings (SSSR count). The summed E-state index contributed by atoms with van der Waals surface area (Å²) in [7, 11) is 0. The van der Waals surface area contributed by atoms with Crippen molar-refractivity contribution in [2.75, 3.05) is 6.61 Å². The van der Waals surface area contributed by atoms with E-state index in [0.717, 1.165) is 0 Å². The normalized spacial score (nSPS) is 46.3. The van der Waals surface area contributed by atoms with E-state index in [-0.39, 0.29) is 0 Å². The highest BCUT2D eigenvalue weighted by Crippen LogP contribution is 2.45. The van der Waals surface area contributed by atoms with Crippen molar-refractivity contribution in [3.63, 3.8) is 0 Å². The number of alkyl halides is 2. The fourth-order valence-corrected chi connectivity index (χ4v) is 2.05. The van der Waals surface area contributed by atoms with Crippen molar-refractivity contribution in [3.05, 3.63) is 0 Å². The van der Waals surface area contributed by atoms with Crippen LogP contribution in [0.1, 0.15) is 13.8 Å². The summed E-state index contributed by atoms with van der Waals surface area (Å²) in [5.74, 6) is -1.08. The van der Waals surface area contributed by atoms with E-state index in [1.54, 1.807) is 0 Å². The summed E-state index contributed by atoms with van der Waals surface area (Å²) in [6, 6.07) is 0. The van der Waals surface area contributed by atoms with Gasteiger partial charge in [0.05, 0.1) is 6.61 Å². The molecular weight excluding hydrogens is 226 g/mol. The lowest BCUT2D eigenvalue weighted by Gasteiger charge is -2.31. The fraction of sp³-hybridized carbons (Fsp3) is 1.00. The Balaban J connectivity index is 2.27. The Morgan fingerprint density at radius 2 is 1.94 bits per heavy atom. The van der Waals surface area contributed by atoms with Crippen LogP contribution in [0.2, 0.25) is 0 Å². The second-order valence-corrected chi connectivity index (χ2v) is 4.42. The molecule has 0 radical (unpaired) electrons. The van der Waals surface area contributed by atoms with Gasteiger partial charge in [0.25, 0.3) is 6.43 Å². The molecule has 0 amide bonds. The van der Waals surface area contributed by atoms with Crippen molar-refractivity contribution in [3.8, 4) is 0 Å². The van der Waals surface area contributed by atoms with Gasteiger partial charge in [-0.3, -0.25) is 0 Å². The molecule has 0 unspecified atom stereocenters. The maximum Gasteiger partial charge on any atom is 0.272 e. The van der Waals surface area contributed by atoms with Gasteiger partial charge in [0.15, 0.2) is 17.7 Å².